The first-order valence-corrected chi connectivity index (χ1v) is 17.8. The van der Waals surface area contributed by atoms with E-state index in [0.717, 1.165) is 6.26 Å². The molecule has 0 bridgehead atoms. The van der Waals surface area contributed by atoms with Crippen LogP contribution in [-0.4, -0.2) is 94.1 Å². The molecule has 1 saturated heterocycles. The number of hydrogen-bond donors (Lipinski definition) is 1. The van der Waals surface area contributed by atoms with E-state index in [-0.39, 0.29) is 35.5 Å². The smallest absolute Gasteiger partial charge is 0.434 e. The second kappa shape index (κ2) is 13.9. The number of rotatable bonds is 10. The molecule has 19 heteroatoms. The SMILES string of the molecule is C=[N+]([O-])c1ncc(C(C)N(c2cnc3cc(N4CCOCC4)nc(O[C@H]4CC[C@@H](Nc5cncc(C(F)(F)F)n5)CC4)c3c2)S(C)(=O)=O)n1C. The molecule has 0 spiro atoms. The second-order valence-corrected chi connectivity index (χ2v) is 14.2. The molecule has 15 nitrogen and oxygen atoms in total. The van der Waals surface area contributed by atoms with Gasteiger partial charge in [-0.1, -0.05) is 4.98 Å². The number of hydrogen-bond acceptors (Lipinski definition) is 12. The molecule has 50 heavy (non-hydrogen) atoms. The van der Waals surface area contributed by atoms with Gasteiger partial charge < -0.3 is 24.9 Å². The van der Waals surface area contributed by atoms with Crippen molar-refractivity contribution in [2.75, 3.05) is 47.1 Å². The number of morpholine rings is 1. The van der Waals surface area contributed by atoms with E-state index in [9.17, 15) is 26.8 Å². The minimum absolute atomic E-state index is 0.0140. The molecule has 1 N–H and O–H groups in total. The molecule has 4 aromatic rings. The average Bonchev–Trinajstić information content (AvgIpc) is 3.47. The van der Waals surface area contributed by atoms with E-state index in [1.165, 1.54) is 27.5 Å². The van der Waals surface area contributed by atoms with Gasteiger partial charge in [-0.05, 0) is 38.7 Å². The van der Waals surface area contributed by atoms with Gasteiger partial charge in [-0.3, -0.25) is 19.0 Å². The van der Waals surface area contributed by atoms with Crippen LogP contribution < -0.4 is 19.3 Å². The number of anilines is 3. The maximum Gasteiger partial charge on any atom is 0.434 e. The molecular formula is C31H37F3N10O5S. The van der Waals surface area contributed by atoms with Crippen LogP contribution in [0.15, 0.2) is 36.9 Å². The van der Waals surface area contributed by atoms with Crippen LogP contribution in [0.3, 0.4) is 0 Å². The van der Waals surface area contributed by atoms with Crippen molar-refractivity contribution in [2.24, 2.45) is 7.05 Å². The number of sulfonamides is 1. The van der Waals surface area contributed by atoms with Crippen molar-refractivity contribution in [3.8, 4) is 5.88 Å². The van der Waals surface area contributed by atoms with Crippen molar-refractivity contribution < 1.29 is 35.8 Å². The summed E-state index contributed by atoms with van der Waals surface area (Å²) in [7, 11) is -2.29. The molecule has 6 rings (SSSR count). The zero-order valence-electron chi connectivity index (χ0n) is 27.7. The lowest BCUT2D eigenvalue weighted by atomic mass is 9.93. The first-order chi connectivity index (χ1) is 23.7. The van der Waals surface area contributed by atoms with Crippen LogP contribution in [0.5, 0.6) is 5.88 Å². The molecule has 1 saturated carbocycles. The van der Waals surface area contributed by atoms with Gasteiger partial charge in [0, 0.05) is 31.9 Å². The zero-order valence-corrected chi connectivity index (χ0v) is 28.5. The summed E-state index contributed by atoms with van der Waals surface area (Å²) in [6.07, 6.45) is 3.38. The topological polar surface area (TPSA) is 167 Å². The van der Waals surface area contributed by atoms with Crippen molar-refractivity contribution in [2.45, 2.75) is 57.0 Å². The number of alkyl halides is 3. The van der Waals surface area contributed by atoms with E-state index in [0.29, 0.717) is 85.3 Å². The summed E-state index contributed by atoms with van der Waals surface area (Å²) in [6.45, 7) is 7.31. The summed E-state index contributed by atoms with van der Waals surface area (Å²) >= 11 is 0. The molecule has 5 heterocycles. The third-order valence-electron chi connectivity index (χ3n) is 8.80. The van der Waals surface area contributed by atoms with E-state index in [1.807, 2.05) is 6.07 Å². The predicted molar refractivity (Wildman–Crippen MR) is 179 cm³/mol. The number of nitrogens with one attached hydrogen (secondary N) is 1. The Bertz CT molecular complexity index is 1980. The standard InChI is InChI=1S/C31H37F3N10O5S/c1-19(25-16-37-30(41(25)2)42(3)45)44(50(4,46)47)21-13-23-24(36-15-21)14-28(43-9-11-48-12-10-43)40-29(23)49-22-7-5-20(6-8-22)38-27-18-35-17-26(39-27)31(32,33)34/h13-20,22H,3,5-12H2,1-2,4H3,(H,38,39)/t19?,20-,22+. The Morgan fingerprint density at radius 2 is 1.82 bits per heavy atom. The van der Waals surface area contributed by atoms with E-state index in [4.69, 9.17) is 14.5 Å². The van der Waals surface area contributed by atoms with Gasteiger partial charge in [-0.2, -0.15) is 18.2 Å². The minimum Gasteiger partial charge on any atom is -0.741 e. The van der Waals surface area contributed by atoms with Crippen LogP contribution in [0.25, 0.3) is 10.9 Å². The number of ether oxygens (including phenoxy) is 2. The van der Waals surface area contributed by atoms with Gasteiger partial charge in [0.05, 0.1) is 67.7 Å². The molecular weight excluding hydrogens is 681 g/mol. The summed E-state index contributed by atoms with van der Waals surface area (Å²) in [6, 6.07) is 2.57. The van der Waals surface area contributed by atoms with Crippen LogP contribution >= 0.6 is 0 Å². The number of nitrogens with zero attached hydrogens (tertiary/aromatic N) is 9. The Morgan fingerprint density at radius 1 is 1.10 bits per heavy atom. The molecule has 2 fully saturated rings. The van der Waals surface area contributed by atoms with Crippen LogP contribution in [0.1, 0.15) is 50.0 Å². The van der Waals surface area contributed by atoms with Crippen LogP contribution in [0.4, 0.5) is 36.4 Å². The lowest BCUT2D eigenvalue weighted by Crippen LogP contribution is -2.37. The molecule has 1 unspecified atom stereocenters. The summed E-state index contributed by atoms with van der Waals surface area (Å²) in [5.74, 6) is 0.986. The van der Waals surface area contributed by atoms with Gasteiger partial charge in [0.1, 0.15) is 29.6 Å². The van der Waals surface area contributed by atoms with Crippen molar-refractivity contribution in [1.29, 1.82) is 0 Å². The maximum atomic E-state index is 13.3. The zero-order chi connectivity index (χ0) is 35.8. The van der Waals surface area contributed by atoms with Crippen LogP contribution in [0.2, 0.25) is 0 Å². The highest BCUT2D eigenvalue weighted by molar-refractivity contribution is 7.92. The largest absolute Gasteiger partial charge is 0.741 e. The highest BCUT2D eigenvalue weighted by atomic mass is 32.2. The fourth-order valence-electron chi connectivity index (χ4n) is 6.35. The Hall–Kier alpha value is -4.78. The number of halogens is 3. The molecule has 268 valence electrons. The van der Waals surface area contributed by atoms with E-state index < -0.39 is 27.9 Å². The molecule has 1 aliphatic heterocycles. The van der Waals surface area contributed by atoms with Crippen molar-refractivity contribution >= 4 is 50.9 Å². The maximum absolute atomic E-state index is 13.3. The molecule has 4 aromatic heterocycles. The van der Waals surface area contributed by atoms with Gasteiger partial charge in [0.25, 0.3) is 0 Å². The van der Waals surface area contributed by atoms with E-state index >= 15 is 0 Å². The molecule has 2 aliphatic rings. The lowest BCUT2D eigenvalue weighted by molar-refractivity contribution is -0.362. The van der Waals surface area contributed by atoms with Crippen LogP contribution in [0, 0.1) is 5.21 Å². The quantitative estimate of drug-likeness (QED) is 0.108. The third kappa shape index (κ3) is 7.52. The fourth-order valence-corrected chi connectivity index (χ4v) is 7.52. The van der Waals surface area contributed by atoms with Crippen molar-refractivity contribution in [3.05, 3.63) is 53.5 Å². The Kier molecular flexibility index (Phi) is 9.71. The summed E-state index contributed by atoms with van der Waals surface area (Å²) in [4.78, 5) is 23.0. The highest BCUT2D eigenvalue weighted by Gasteiger charge is 2.34. The molecule has 1 atom stereocenters. The highest BCUT2D eigenvalue weighted by Crippen LogP contribution is 2.37. The first-order valence-electron chi connectivity index (χ1n) is 15.9. The van der Waals surface area contributed by atoms with E-state index in [2.05, 4.69) is 36.9 Å². The molecule has 0 radical (unpaired) electrons. The van der Waals surface area contributed by atoms with Gasteiger partial charge in [0.2, 0.25) is 15.9 Å². The molecule has 1 aliphatic carbocycles. The van der Waals surface area contributed by atoms with Crippen molar-refractivity contribution in [1.82, 2.24) is 29.5 Å². The van der Waals surface area contributed by atoms with Gasteiger partial charge in [0.15, 0.2) is 5.69 Å². The molecule has 0 aromatic carbocycles. The van der Waals surface area contributed by atoms with Crippen LogP contribution in [-0.2, 0) is 28.0 Å². The lowest BCUT2D eigenvalue weighted by Gasteiger charge is -2.31. The predicted octanol–water partition coefficient (Wildman–Crippen LogP) is 4.18. The number of aromatic nitrogens is 6. The molecule has 0 amide bonds. The third-order valence-corrected chi connectivity index (χ3v) is 10.0. The monoisotopic (exact) mass is 718 g/mol. The van der Waals surface area contributed by atoms with Gasteiger partial charge in [-0.25, -0.2) is 18.0 Å². The van der Waals surface area contributed by atoms with Gasteiger partial charge >= 0.3 is 12.1 Å². The second-order valence-electron chi connectivity index (χ2n) is 12.3. The van der Waals surface area contributed by atoms with E-state index in [1.54, 1.807) is 20.0 Å². The summed E-state index contributed by atoms with van der Waals surface area (Å²) in [5.41, 5.74) is 0.187. The van der Waals surface area contributed by atoms with Gasteiger partial charge in [-0.15, -0.1) is 0 Å². The first kappa shape index (κ1) is 35.1. The number of imidazole rings is 1. The fraction of sp³-hybridized carbons (Fsp3) is 0.484. The number of pyridine rings is 2. The average molecular weight is 719 g/mol. The number of fused-ring (bicyclic) bond motifs is 1. The summed E-state index contributed by atoms with van der Waals surface area (Å²) < 4.78 is 81.0. The Morgan fingerprint density at radius 3 is 2.46 bits per heavy atom. The Labute approximate surface area is 286 Å². The minimum atomic E-state index is -4.60. The normalized spacial score (nSPS) is 19.3. The van der Waals surface area contributed by atoms with Crippen molar-refractivity contribution in [3.63, 3.8) is 0 Å². The summed E-state index contributed by atoms with van der Waals surface area (Å²) in [5, 5.41) is 15.4. The Balaban J connectivity index is 1.29.